The lowest BCUT2D eigenvalue weighted by atomic mass is 9.74. The highest BCUT2D eigenvalue weighted by molar-refractivity contribution is 5.95. The van der Waals surface area contributed by atoms with E-state index in [9.17, 15) is 0 Å². The van der Waals surface area contributed by atoms with Crippen LogP contribution in [0.3, 0.4) is 0 Å². The monoisotopic (exact) mass is 168 g/mol. The predicted octanol–water partition coefficient (Wildman–Crippen LogP) is 1.32. The first kappa shape index (κ1) is 8.05. The zero-order valence-corrected chi connectivity index (χ0v) is 7.75. The van der Waals surface area contributed by atoms with Crippen molar-refractivity contribution in [2.75, 3.05) is 13.1 Å². The Morgan fingerprint density at radius 3 is 2.33 bits per heavy atom. The fraction of sp³-hybridized carbons (Fsp3) is 0.889. The van der Waals surface area contributed by atoms with E-state index >= 15 is 0 Å². The van der Waals surface area contributed by atoms with Crippen LogP contribution in [-0.2, 0) is 0 Å². The Hall–Kier alpha value is -0.570. The third-order valence-corrected chi connectivity index (χ3v) is 3.41. The van der Waals surface area contributed by atoms with Gasteiger partial charge in [0.25, 0.3) is 0 Å². The van der Waals surface area contributed by atoms with Crippen molar-refractivity contribution in [3.8, 4) is 0 Å². The number of oxime groups is 1. The Labute approximate surface area is 73.1 Å². The number of fused-ring (bicyclic) bond motifs is 3. The van der Waals surface area contributed by atoms with Crippen molar-refractivity contribution in [1.82, 2.24) is 4.90 Å². The van der Waals surface area contributed by atoms with E-state index in [2.05, 4.69) is 23.9 Å². The minimum Gasteiger partial charge on any atom is -0.411 e. The number of nitrogens with zero attached hydrogens (tertiary/aromatic N) is 2. The van der Waals surface area contributed by atoms with Gasteiger partial charge in [-0.05, 0) is 39.8 Å². The van der Waals surface area contributed by atoms with Gasteiger partial charge in [-0.1, -0.05) is 5.16 Å². The Kier molecular flexibility index (Phi) is 1.65. The van der Waals surface area contributed by atoms with Crippen LogP contribution < -0.4 is 0 Å². The van der Waals surface area contributed by atoms with Crippen LogP contribution in [0.1, 0.15) is 26.7 Å². The van der Waals surface area contributed by atoms with Gasteiger partial charge in [0.2, 0.25) is 0 Å². The molecule has 0 amide bonds. The van der Waals surface area contributed by atoms with Gasteiger partial charge in [-0.25, -0.2) is 0 Å². The summed E-state index contributed by atoms with van der Waals surface area (Å²) >= 11 is 0. The highest BCUT2D eigenvalue weighted by Crippen LogP contribution is 2.36. The third kappa shape index (κ3) is 0.891. The molecule has 0 aromatic heterocycles. The minimum atomic E-state index is -0.00405. The number of hydrogen-bond donors (Lipinski definition) is 1. The van der Waals surface area contributed by atoms with Gasteiger partial charge in [0.1, 0.15) is 0 Å². The van der Waals surface area contributed by atoms with Crippen LogP contribution in [0.15, 0.2) is 5.16 Å². The van der Waals surface area contributed by atoms with Crippen molar-refractivity contribution < 1.29 is 5.21 Å². The standard InChI is InChI=1S/C9H16N2O/c1-9(2)8(10-12)7-3-5-11(9)6-4-7/h7,12H,3-6H2,1-2H3. The number of rotatable bonds is 0. The average molecular weight is 168 g/mol. The third-order valence-electron chi connectivity index (χ3n) is 3.41. The molecule has 0 saturated carbocycles. The van der Waals surface area contributed by atoms with Gasteiger partial charge in [-0.15, -0.1) is 0 Å². The van der Waals surface area contributed by atoms with Crippen LogP contribution in [0.25, 0.3) is 0 Å². The van der Waals surface area contributed by atoms with E-state index < -0.39 is 0 Å². The van der Waals surface area contributed by atoms with Gasteiger partial charge < -0.3 is 5.21 Å². The fourth-order valence-electron chi connectivity index (χ4n) is 2.58. The van der Waals surface area contributed by atoms with Gasteiger partial charge in [0, 0.05) is 5.92 Å². The molecule has 0 unspecified atom stereocenters. The molecule has 0 radical (unpaired) electrons. The second-order valence-electron chi connectivity index (χ2n) is 4.31. The lowest BCUT2D eigenvalue weighted by Gasteiger charge is -2.51. The van der Waals surface area contributed by atoms with Crippen LogP contribution in [0.5, 0.6) is 0 Å². The smallest absolute Gasteiger partial charge is 0.0799 e. The van der Waals surface area contributed by atoms with Crippen molar-refractivity contribution in [2.45, 2.75) is 32.2 Å². The predicted molar refractivity (Wildman–Crippen MR) is 47.6 cm³/mol. The lowest BCUT2D eigenvalue weighted by molar-refractivity contribution is 0.0883. The summed E-state index contributed by atoms with van der Waals surface area (Å²) in [7, 11) is 0. The molecule has 3 rings (SSSR count). The van der Waals surface area contributed by atoms with E-state index in [4.69, 9.17) is 5.21 Å². The van der Waals surface area contributed by atoms with Crippen molar-refractivity contribution in [2.24, 2.45) is 11.1 Å². The van der Waals surface area contributed by atoms with E-state index in [1.54, 1.807) is 0 Å². The second-order valence-corrected chi connectivity index (χ2v) is 4.31. The molecule has 3 heteroatoms. The van der Waals surface area contributed by atoms with Gasteiger partial charge in [-0.2, -0.15) is 0 Å². The molecule has 0 aromatic rings. The Morgan fingerprint density at radius 1 is 1.42 bits per heavy atom. The van der Waals surface area contributed by atoms with Gasteiger partial charge in [0.05, 0.1) is 11.3 Å². The maximum Gasteiger partial charge on any atom is 0.0799 e. The average Bonchev–Trinajstić information content (AvgIpc) is 2.05. The van der Waals surface area contributed by atoms with Gasteiger partial charge in [-0.3, -0.25) is 4.90 Å². The molecule has 3 nitrogen and oxygen atoms in total. The van der Waals surface area contributed by atoms with Crippen LogP contribution in [0.4, 0.5) is 0 Å². The zero-order valence-electron chi connectivity index (χ0n) is 7.75. The van der Waals surface area contributed by atoms with E-state index in [1.807, 2.05) is 0 Å². The molecule has 1 N–H and O–H groups in total. The molecular weight excluding hydrogens is 152 g/mol. The van der Waals surface area contributed by atoms with Crippen LogP contribution in [0.2, 0.25) is 0 Å². The van der Waals surface area contributed by atoms with E-state index in [1.165, 1.54) is 12.8 Å². The SMILES string of the molecule is CC1(C)C(=NO)C2CCN1CC2. The highest BCUT2D eigenvalue weighted by Gasteiger charge is 2.45. The first-order chi connectivity index (χ1) is 5.66. The zero-order chi connectivity index (χ0) is 8.77. The summed E-state index contributed by atoms with van der Waals surface area (Å²) in [5.41, 5.74) is 0.982. The molecule has 68 valence electrons. The summed E-state index contributed by atoms with van der Waals surface area (Å²) < 4.78 is 0. The van der Waals surface area contributed by atoms with Crippen molar-refractivity contribution >= 4 is 5.71 Å². The first-order valence-corrected chi connectivity index (χ1v) is 4.63. The molecular formula is C9H16N2O. The normalized spacial score (nSPS) is 42.0. The maximum atomic E-state index is 8.91. The van der Waals surface area contributed by atoms with Crippen LogP contribution >= 0.6 is 0 Å². The summed E-state index contributed by atoms with van der Waals surface area (Å²) in [5.74, 6) is 0.537. The number of hydrogen-bond acceptors (Lipinski definition) is 3. The van der Waals surface area contributed by atoms with Gasteiger partial charge in [0.15, 0.2) is 0 Å². The van der Waals surface area contributed by atoms with E-state index in [0.29, 0.717) is 5.92 Å². The van der Waals surface area contributed by atoms with Crippen LogP contribution in [-0.4, -0.2) is 34.4 Å². The molecule has 3 heterocycles. The molecule has 0 aliphatic carbocycles. The van der Waals surface area contributed by atoms with Gasteiger partial charge >= 0.3 is 0 Å². The largest absolute Gasteiger partial charge is 0.411 e. The van der Waals surface area contributed by atoms with Crippen molar-refractivity contribution in [1.29, 1.82) is 0 Å². The summed E-state index contributed by atoms with van der Waals surface area (Å²) in [6.07, 6.45) is 2.34. The molecule has 3 aliphatic rings. The molecule has 2 bridgehead atoms. The quantitative estimate of drug-likeness (QED) is 0.437. The topological polar surface area (TPSA) is 35.8 Å². The van der Waals surface area contributed by atoms with Crippen molar-refractivity contribution in [3.05, 3.63) is 0 Å². The molecule has 0 aromatic carbocycles. The summed E-state index contributed by atoms with van der Waals surface area (Å²) in [4.78, 5) is 2.40. The molecule has 3 aliphatic heterocycles. The Morgan fingerprint density at radius 2 is 2.00 bits per heavy atom. The molecule has 3 saturated heterocycles. The molecule has 0 spiro atoms. The molecule has 3 fully saturated rings. The Balaban J connectivity index is 2.34. The molecule has 0 atom stereocenters. The lowest BCUT2D eigenvalue weighted by Crippen LogP contribution is -2.61. The first-order valence-electron chi connectivity index (χ1n) is 4.63. The van der Waals surface area contributed by atoms with Crippen molar-refractivity contribution in [3.63, 3.8) is 0 Å². The van der Waals surface area contributed by atoms with E-state index in [-0.39, 0.29) is 5.54 Å². The summed E-state index contributed by atoms with van der Waals surface area (Å²) in [6.45, 7) is 6.62. The second kappa shape index (κ2) is 2.46. The molecule has 12 heavy (non-hydrogen) atoms. The summed E-state index contributed by atoms with van der Waals surface area (Å²) in [6, 6.07) is 0. The maximum absolute atomic E-state index is 8.91. The van der Waals surface area contributed by atoms with Crippen LogP contribution in [0, 0.1) is 5.92 Å². The Bertz CT molecular complexity index is 215. The minimum absolute atomic E-state index is 0.00405. The fourth-order valence-corrected chi connectivity index (χ4v) is 2.58. The highest BCUT2D eigenvalue weighted by atomic mass is 16.4. The summed E-state index contributed by atoms with van der Waals surface area (Å²) in [5, 5.41) is 12.4. The van der Waals surface area contributed by atoms with E-state index in [0.717, 1.165) is 18.8 Å². The number of piperidine rings is 3.